The van der Waals surface area contributed by atoms with Crippen LogP contribution in [0.25, 0.3) is 11.1 Å². The maximum absolute atomic E-state index is 10.9. The van der Waals surface area contributed by atoms with E-state index in [9.17, 15) is 16.8 Å². The number of hydrogen-bond donors (Lipinski definition) is 2. The molecule has 0 spiro atoms. The third kappa shape index (κ3) is 4.95. The van der Waals surface area contributed by atoms with Gasteiger partial charge in [-0.3, -0.25) is 9.11 Å². The molecule has 2 rings (SSSR count). The van der Waals surface area contributed by atoms with E-state index in [-0.39, 0.29) is 61.2 Å². The molecule has 6 nitrogen and oxygen atoms in total. The molecule has 9 heteroatoms. The van der Waals surface area contributed by atoms with E-state index in [4.69, 9.17) is 9.11 Å². The number of rotatable bonds is 3. The first-order valence-electron chi connectivity index (χ1n) is 5.33. The fourth-order valence-corrected chi connectivity index (χ4v) is 2.60. The van der Waals surface area contributed by atoms with Crippen LogP contribution in [0.5, 0.6) is 0 Å². The third-order valence-electron chi connectivity index (χ3n) is 2.64. The molecule has 0 aliphatic rings. The van der Waals surface area contributed by atoms with E-state index in [0.29, 0.717) is 11.1 Å². The molecule has 1 radical (unpaired) electrons. The van der Waals surface area contributed by atoms with Gasteiger partial charge in [0.05, 0.1) is 9.79 Å². The van der Waals surface area contributed by atoms with Crippen LogP contribution in [0.1, 0.15) is 0 Å². The van der Waals surface area contributed by atoms with E-state index in [1.165, 1.54) is 48.5 Å². The summed E-state index contributed by atoms with van der Waals surface area (Å²) in [6, 6.07) is 10.9. The van der Waals surface area contributed by atoms with Crippen molar-refractivity contribution >= 4 is 71.6 Å². The first-order valence-corrected chi connectivity index (χ1v) is 8.21. The summed E-state index contributed by atoms with van der Waals surface area (Å²) in [5.74, 6) is 0. The summed E-state index contributed by atoms with van der Waals surface area (Å²) in [7, 11) is -8.48. The van der Waals surface area contributed by atoms with Gasteiger partial charge in [0.1, 0.15) is 0 Å². The van der Waals surface area contributed by atoms with Crippen LogP contribution in [0, 0.1) is 0 Å². The first-order chi connectivity index (χ1) is 9.18. The Kier molecular flexibility index (Phi) is 6.30. The van der Waals surface area contributed by atoms with Crippen molar-refractivity contribution < 1.29 is 25.9 Å². The van der Waals surface area contributed by atoms with E-state index in [1.54, 1.807) is 0 Å². The van der Waals surface area contributed by atoms with Crippen molar-refractivity contribution in [2.24, 2.45) is 0 Å². The van der Waals surface area contributed by atoms with Gasteiger partial charge in [-0.1, -0.05) is 24.3 Å². The Morgan fingerprint density at radius 1 is 0.571 bits per heavy atom. The molecule has 0 saturated carbocycles. The van der Waals surface area contributed by atoms with Gasteiger partial charge in [-0.25, -0.2) is 0 Å². The molecule has 21 heavy (non-hydrogen) atoms. The van der Waals surface area contributed by atoms with Crippen molar-refractivity contribution in [1.29, 1.82) is 0 Å². The monoisotopic (exact) mass is 353 g/mol. The van der Waals surface area contributed by atoms with Crippen molar-refractivity contribution in [2.45, 2.75) is 9.79 Å². The number of hydrogen-bond acceptors (Lipinski definition) is 4. The zero-order valence-corrected chi connectivity index (χ0v) is 15.7. The second-order valence-corrected chi connectivity index (χ2v) is 6.84. The molecule has 0 aliphatic carbocycles. The molecule has 0 atom stereocenters. The summed E-state index contributed by atoms with van der Waals surface area (Å²) in [4.78, 5) is -0.452. The molecule has 0 heterocycles. The fourth-order valence-electron chi connectivity index (χ4n) is 1.64. The van der Waals surface area contributed by atoms with Crippen molar-refractivity contribution in [3.8, 4) is 11.1 Å². The average Bonchev–Trinajstić information content (AvgIpc) is 2.37. The zero-order chi connectivity index (χ0) is 15.0. The van der Waals surface area contributed by atoms with Crippen molar-refractivity contribution in [3.05, 3.63) is 48.5 Å². The largest absolute Gasteiger partial charge is 0.294 e. The standard InChI is InChI=1S/C12H10O6S2.K/c13-19(14,15)11-5-1-9(2-6-11)10-3-7-12(8-4-10)20(16,17)18;/h1-8H,(H,13,14,15)(H,16,17,18);. The Hall–Kier alpha value is -0.104. The molecule has 0 fully saturated rings. The average molecular weight is 353 g/mol. The van der Waals surface area contributed by atoms with E-state index >= 15 is 0 Å². The van der Waals surface area contributed by atoms with Gasteiger partial charge in [0.25, 0.3) is 20.2 Å². The Morgan fingerprint density at radius 2 is 0.810 bits per heavy atom. The molecular weight excluding hydrogens is 343 g/mol. The summed E-state index contributed by atoms with van der Waals surface area (Å²) in [6.45, 7) is 0. The molecule has 0 unspecified atom stereocenters. The van der Waals surface area contributed by atoms with Gasteiger partial charge < -0.3 is 0 Å². The van der Waals surface area contributed by atoms with Crippen LogP contribution >= 0.6 is 0 Å². The quantitative estimate of drug-likeness (QED) is 0.639. The molecule has 2 aromatic carbocycles. The minimum absolute atomic E-state index is 0. The normalized spacial score (nSPS) is 11.7. The number of benzene rings is 2. The topological polar surface area (TPSA) is 109 Å². The second-order valence-electron chi connectivity index (χ2n) is 4.00. The van der Waals surface area contributed by atoms with Crippen LogP contribution < -0.4 is 0 Å². The van der Waals surface area contributed by atoms with Gasteiger partial charge in [-0.2, -0.15) is 16.8 Å². The van der Waals surface area contributed by atoms with Gasteiger partial charge in [0.2, 0.25) is 0 Å². The Bertz CT molecular complexity index is 751. The summed E-state index contributed by atoms with van der Waals surface area (Å²) >= 11 is 0. The molecule has 2 N–H and O–H groups in total. The van der Waals surface area contributed by atoms with E-state index < -0.39 is 20.2 Å². The fraction of sp³-hybridized carbons (Fsp3) is 0. The molecule has 107 valence electrons. The summed E-state index contributed by atoms with van der Waals surface area (Å²) in [5, 5.41) is 0. The van der Waals surface area contributed by atoms with Crippen molar-refractivity contribution in [1.82, 2.24) is 0 Å². The van der Waals surface area contributed by atoms with Gasteiger partial charge in [-0.15, -0.1) is 0 Å². The van der Waals surface area contributed by atoms with Gasteiger partial charge in [0, 0.05) is 51.4 Å². The van der Waals surface area contributed by atoms with Crippen LogP contribution in [-0.2, 0) is 20.2 Å². The van der Waals surface area contributed by atoms with Gasteiger partial charge in [0.15, 0.2) is 0 Å². The Labute approximate surface area is 165 Å². The minimum Gasteiger partial charge on any atom is -0.282 e. The van der Waals surface area contributed by atoms with Crippen LogP contribution in [0.2, 0.25) is 0 Å². The van der Waals surface area contributed by atoms with E-state index in [2.05, 4.69) is 0 Å². The van der Waals surface area contributed by atoms with E-state index in [1.807, 2.05) is 0 Å². The summed E-state index contributed by atoms with van der Waals surface area (Å²) in [6.07, 6.45) is 0. The van der Waals surface area contributed by atoms with E-state index in [0.717, 1.165) is 0 Å². The summed E-state index contributed by atoms with van der Waals surface area (Å²) < 4.78 is 61.3. The Morgan fingerprint density at radius 3 is 1.00 bits per heavy atom. The maximum atomic E-state index is 10.9. The second kappa shape index (κ2) is 6.98. The molecular formula is C12H10KO6S2. The van der Waals surface area contributed by atoms with Gasteiger partial charge >= 0.3 is 0 Å². The van der Waals surface area contributed by atoms with Crippen LogP contribution in [-0.4, -0.2) is 77.3 Å². The van der Waals surface area contributed by atoms with Crippen LogP contribution in [0.3, 0.4) is 0 Å². The van der Waals surface area contributed by atoms with Crippen molar-refractivity contribution in [3.63, 3.8) is 0 Å². The molecule has 0 bridgehead atoms. The molecule has 0 amide bonds. The third-order valence-corrected chi connectivity index (χ3v) is 4.37. The van der Waals surface area contributed by atoms with Crippen LogP contribution in [0.4, 0.5) is 0 Å². The zero-order valence-electron chi connectivity index (χ0n) is 11.0. The first kappa shape index (κ1) is 18.9. The van der Waals surface area contributed by atoms with Gasteiger partial charge in [-0.05, 0) is 35.4 Å². The SMILES string of the molecule is O=S(=O)(O)c1ccc(-c2ccc(S(=O)(=O)O)cc2)cc1.[K]. The van der Waals surface area contributed by atoms with Crippen LogP contribution in [0.15, 0.2) is 58.3 Å². The summed E-state index contributed by atoms with van der Waals surface area (Å²) in [5.41, 5.74) is 1.28. The molecule has 0 aliphatic heterocycles. The predicted octanol–water partition coefficient (Wildman–Crippen LogP) is 1.47. The molecule has 0 saturated heterocycles. The minimum atomic E-state index is -4.24. The molecule has 2 aromatic rings. The predicted molar refractivity (Wildman–Crippen MR) is 77.3 cm³/mol. The smallest absolute Gasteiger partial charge is 0.282 e. The molecule has 0 aromatic heterocycles. The maximum Gasteiger partial charge on any atom is 0.294 e. The van der Waals surface area contributed by atoms with Crippen molar-refractivity contribution in [2.75, 3.05) is 0 Å². The Balaban J connectivity index is 0.00000220.